The van der Waals surface area contributed by atoms with Gasteiger partial charge in [-0.05, 0) is 57.0 Å². The molecule has 1 N–H and O–H groups in total. The number of carbonyl (C=O) groups excluding carboxylic acids is 1. The van der Waals surface area contributed by atoms with Gasteiger partial charge in [-0.2, -0.15) is 0 Å². The predicted octanol–water partition coefficient (Wildman–Crippen LogP) is 3.36. The molecule has 0 saturated carbocycles. The number of aryl methyl sites for hydroxylation is 1. The summed E-state index contributed by atoms with van der Waals surface area (Å²) in [6.45, 7) is 5.40. The van der Waals surface area contributed by atoms with Crippen LogP contribution in [0.4, 0.5) is 5.69 Å². The van der Waals surface area contributed by atoms with E-state index in [0.717, 1.165) is 11.3 Å². The summed E-state index contributed by atoms with van der Waals surface area (Å²) >= 11 is 0. The Balaban J connectivity index is 1.98. The average molecular weight is 375 g/mol. The number of nitrogens with one attached hydrogen (secondary N) is 1. The highest BCUT2D eigenvalue weighted by atomic mass is 32.2. The molecule has 0 unspecified atom stereocenters. The molecule has 0 fully saturated rings. The molecule has 0 aliphatic heterocycles. The fraction of sp³-hybridized carbons (Fsp3) is 0.350. The van der Waals surface area contributed by atoms with Crippen LogP contribution in [0.3, 0.4) is 0 Å². The third-order valence-corrected chi connectivity index (χ3v) is 5.59. The molecule has 0 atom stereocenters. The number of sulfonamides is 1. The smallest absolute Gasteiger partial charge is 0.241 e. The van der Waals surface area contributed by atoms with Gasteiger partial charge in [0.25, 0.3) is 0 Å². The first-order valence-corrected chi connectivity index (χ1v) is 10.0. The molecule has 0 radical (unpaired) electrons. The third kappa shape index (κ3) is 5.68. The van der Waals surface area contributed by atoms with Crippen LogP contribution in [0.2, 0.25) is 0 Å². The molecule has 5 nitrogen and oxygen atoms in total. The second-order valence-electron chi connectivity index (χ2n) is 7.29. The monoisotopic (exact) mass is 374 g/mol. The van der Waals surface area contributed by atoms with Gasteiger partial charge < -0.3 is 4.90 Å². The Labute approximate surface area is 156 Å². The van der Waals surface area contributed by atoms with Gasteiger partial charge in [-0.15, -0.1) is 0 Å². The van der Waals surface area contributed by atoms with Crippen molar-refractivity contribution in [1.29, 1.82) is 0 Å². The first-order chi connectivity index (χ1) is 12.1. The van der Waals surface area contributed by atoms with Crippen LogP contribution in [0.1, 0.15) is 32.8 Å². The van der Waals surface area contributed by atoms with E-state index in [1.165, 1.54) is 0 Å². The number of amides is 1. The summed E-state index contributed by atoms with van der Waals surface area (Å²) in [6.07, 6.45) is 0.917. The van der Waals surface area contributed by atoms with Crippen molar-refractivity contribution in [1.82, 2.24) is 4.72 Å². The van der Waals surface area contributed by atoms with Gasteiger partial charge in [0.2, 0.25) is 15.9 Å². The van der Waals surface area contributed by atoms with E-state index in [1.807, 2.05) is 30.3 Å². The lowest BCUT2D eigenvalue weighted by Gasteiger charge is -2.20. The molecule has 26 heavy (non-hydrogen) atoms. The van der Waals surface area contributed by atoms with Crippen molar-refractivity contribution in [2.45, 2.75) is 44.0 Å². The molecule has 2 aromatic carbocycles. The lowest BCUT2D eigenvalue weighted by molar-refractivity contribution is -0.118. The largest absolute Gasteiger partial charge is 0.315 e. The summed E-state index contributed by atoms with van der Waals surface area (Å²) in [5.41, 5.74) is 1.24. The first-order valence-electron chi connectivity index (χ1n) is 8.53. The Morgan fingerprint density at radius 1 is 1.00 bits per heavy atom. The molecule has 0 saturated heterocycles. The minimum Gasteiger partial charge on any atom is -0.315 e. The predicted molar refractivity (Wildman–Crippen MR) is 105 cm³/mol. The second-order valence-corrected chi connectivity index (χ2v) is 8.97. The Kier molecular flexibility index (Phi) is 6.21. The van der Waals surface area contributed by atoms with Gasteiger partial charge >= 0.3 is 0 Å². The normalized spacial score (nSPS) is 12.0. The molecule has 0 spiro atoms. The van der Waals surface area contributed by atoms with E-state index >= 15 is 0 Å². The van der Waals surface area contributed by atoms with Crippen LogP contribution in [0.25, 0.3) is 0 Å². The number of para-hydroxylation sites is 1. The summed E-state index contributed by atoms with van der Waals surface area (Å²) in [6, 6.07) is 16.1. The molecule has 140 valence electrons. The van der Waals surface area contributed by atoms with E-state index in [-0.39, 0.29) is 10.8 Å². The van der Waals surface area contributed by atoms with E-state index in [4.69, 9.17) is 0 Å². The third-order valence-electron chi connectivity index (χ3n) is 3.82. The molecule has 0 aromatic heterocycles. The Bertz CT molecular complexity index is 839. The minimum atomic E-state index is -3.54. The SMILES string of the molecule is CN(C(=O)CCc1ccc(S(=O)(=O)NC(C)(C)C)cc1)c1ccccc1. The number of rotatable bonds is 6. The summed E-state index contributed by atoms with van der Waals surface area (Å²) in [5.74, 6) is 0.0160. The fourth-order valence-electron chi connectivity index (χ4n) is 2.51. The van der Waals surface area contributed by atoms with Crippen molar-refractivity contribution >= 4 is 21.6 Å². The van der Waals surface area contributed by atoms with Gasteiger partial charge in [0.05, 0.1) is 4.90 Å². The van der Waals surface area contributed by atoms with E-state index in [0.29, 0.717) is 12.8 Å². The maximum atomic E-state index is 12.3. The lowest BCUT2D eigenvalue weighted by Crippen LogP contribution is -2.40. The zero-order valence-electron chi connectivity index (χ0n) is 15.7. The zero-order chi connectivity index (χ0) is 19.4. The van der Waals surface area contributed by atoms with Crippen LogP contribution in [-0.4, -0.2) is 26.9 Å². The number of hydrogen-bond acceptors (Lipinski definition) is 3. The summed E-state index contributed by atoms with van der Waals surface area (Å²) in [7, 11) is -1.79. The molecule has 1 amide bonds. The number of hydrogen-bond donors (Lipinski definition) is 1. The topological polar surface area (TPSA) is 66.5 Å². The molecule has 2 rings (SSSR count). The number of carbonyl (C=O) groups is 1. The van der Waals surface area contributed by atoms with Crippen molar-refractivity contribution < 1.29 is 13.2 Å². The molecular weight excluding hydrogens is 348 g/mol. The molecule has 6 heteroatoms. The van der Waals surface area contributed by atoms with Crippen molar-refractivity contribution in [3.63, 3.8) is 0 Å². The fourth-order valence-corrected chi connectivity index (χ4v) is 3.93. The van der Waals surface area contributed by atoms with Crippen molar-refractivity contribution in [3.8, 4) is 0 Å². The van der Waals surface area contributed by atoms with Crippen LogP contribution < -0.4 is 9.62 Å². The van der Waals surface area contributed by atoms with Crippen LogP contribution in [0.15, 0.2) is 59.5 Å². The molecule has 0 aliphatic rings. The van der Waals surface area contributed by atoms with Crippen molar-refractivity contribution in [2.75, 3.05) is 11.9 Å². The van der Waals surface area contributed by atoms with Gasteiger partial charge in [0, 0.05) is 24.7 Å². The highest BCUT2D eigenvalue weighted by Gasteiger charge is 2.21. The van der Waals surface area contributed by atoms with E-state index in [2.05, 4.69) is 4.72 Å². The lowest BCUT2D eigenvalue weighted by atomic mass is 10.1. The zero-order valence-corrected chi connectivity index (χ0v) is 16.5. The number of anilines is 1. The van der Waals surface area contributed by atoms with E-state index in [1.54, 1.807) is 57.0 Å². The minimum absolute atomic E-state index is 0.0160. The van der Waals surface area contributed by atoms with Gasteiger partial charge in [-0.3, -0.25) is 4.79 Å². The average Bonchev–Trinajstić information content (AvgIpc) is 2.58. The standard InChI is InChI=1S/C20H26N2O3S/c1-20(2,3)21-26(24,25)18-13-10-16(11-14-18)12-15-19(23)22(4)17-8-6-5-7-9-17/h5-11,13-14,21H,12,15H2,1-4H3. The van der Waals surface area contributed by atoms with Crippen LogP contribution >= 0.6 is 0 Å². The molecule has 0 heterocycles. The van der Waals surface area contributed by atoms with Gasteiger partial charge in [0.1, 0.15) is 0 Å². The van der Waals surface area contributed by atoms with Crippen LogP contribution in [0, 0.1) is 0 Å². The number of benzene rings is 2. The quantitative estimate of drug-likeness (QED) is 0.843. The summed E-state index contributed by atoms with van der Waals surface area (Å²) in [4.78, 5) is 14.2. The Morgan fingerprint density at radius 2 is 1.58 bits per heavy atom. The summed E-state index contributed by atoms with van der Waals surface area (Å²) < 4.78 is 27.2. The van der Waals surface area contributed by atoms with Crippen molar-refractivity contribution in [3.05, 3.63) is 60.2 Å². The number of nitrogens with zero attached hydrogens (tertiary/aromatic N) is 1. The maximum Gasteiger partial charge on any atom is 0.241 e. The molecular formula is C20H26N2O3S. The summed E-state index contributed by atoms with van der Waals surface area (Å²) in [5, 5.41) is 0. The van der Waals surface area contributed by atoms with E-state index in [9.17, 15) is 13.2 Å². The maximum absolute atomic E-state index is 12.3. The first kappa shape index (κ1) is 20.1. The van der Waals surface area contributed by atoms with Crippen LogP contribution in [0.5, 0.6) is 0 Å². The van der Waals surface area contributed by atoms with Gasteiger partial charge in [0.15, 0.2) is 0 Å². The molecule has 2 aromatic rings. The van der Waals surface area contributed by atoms with E-state index < -0.39 is 15.6 Å². The Morgan fingerprint density at radius 3 is 2.12 bits per heavy atom. The van der Waals surface area contributed by atoms with Crippen molar-refractivity contribution in [2.24, 2.45) is 0 Å². The Hall–Kier alpha value is -2.18. The van der Waals surface area contributed by atoms with Gasteiger partial charge in [-0.1, -0.05) is 30.3 Å². The molecule has 0 aliphatic carbocycles. The molecule has 0 bridgehead atoms. The second kappa shape index (κ2) is 8.01. The van der Waals surface area contributed by atoms with Crippen LogP contribution in [-0.2, 0) is 21.2 Å². The highest BCUT2D eigenvalue weighted by Crippen LogP contribution is 2.16. The highest BCUT2D eigenvalue weighted by molar-refractivity contribution is 7.89. The van der Waals surface area contributed by atoms with Gasteiger partial charge in [-0.25, -0.2) is 13.1 Å².